The normalized spacial score (nSPS) is 17.1. The second-order valence-electron chi connectivity index (χ2n) is 4.29. The Morgan fingerprint density at radius 3 is 2.45 bits per heavy atom. The SMILES string of the molecule is COCCOCCOCCN1C=C2C(=O)NC=C2C1=O. The molecule has 0 aromatic heterocycles. The molecule has 110 valence electrons. The minimum Gasteiger partial charge on any atom is -0.382 e. The van der Waals surface area contributed by atoms with Gasteiger partial charge in [-0.05, 0) is 0 Å². The monoisotopic (exact) mass is 282 g/mol. The second kappa shape index (κ2) is 7.18. The van der Waals surface area contributed by atoms with Crippen molar-refractivity contribution in [2.75, 3.05) is 46.7 Å². The first kappa shape index (κ1) is 14.7. The number of carbonyl (C=O) groups is 2. The van der Waals surface area contributed by atoms with Gasteiger partial charge in [0.05, 0.1) is 44.2 Å². The molecule has 7 heteroatoms. The molecule has 0 spiro atoms. The molecule has 0 aliphatic carbocycles. The van der Waals surface area contributed by atoms with Crippen LogP contribution >= 0.6 is 0 Å². The number of amides is 2. The Balaban J connectivity index is 1.60. The number of nitrogens with one attached hydrogen (secondary N) is 1. The topological polar surface area (TPSA) is 77.1 Å². The molecule has 0 aromatic rings. The molecule has 0 saturated carbocycles. The zero-order chi connectivity index (χ0) is 14.4. The molecule has 2 aliphatic rings. The standard InChI is InChI=1S/C13H18N2O5/c1-18-4-5-20-7-6-19-3-2-15-9-11-10(13(15)17)8-14-12(11)16/h8-9H,2-7H2,1H3,(H,14,16). The number of carbonyl (C=O) groups excluding carboxylic acids is 2. The molecule has 0 saturated heterocycles. The molecule has 2 amide bonds. The molecule has 1 N–H and O–H groups in total. The van der Waals surface area contributed by atoms with Crippen molar-refractivity contribution in [3.8, 4) is 0 Å². The number of methoxy groups -OCH3 is 1. The first-order valence-corrected chi connectivity index (χ1v) is 6.42. The van der Waals surface area contributed by atoms with E-state index in [1.54, 1.807) is 13.3 Å². The molecular formula is C13H18N2O5. The predicted octanol–water partition coefficient (Wildman–Crippen LogP) is -0.594. The largest absolute Gasteiger partial charge is 0.382 e. The fraction of sp³-hybridized carbons (Fsp3) is 0.538. The van der Waals surface area contributed by atoms with Gasteiger partial charge in [-0.3, -0.25) is 9.59 Å². The molecule has 2 aliphatic heterocycles. The quantitative estimate of drug-likeness (QED) is 0.572. The highest BCUT2D eigenvalue weighted by atomic mass is 16.5. The van der Waals surface area contributed by atoms with Crippen molar-refractivity contribution in [2.45, 2.75) is 0 Å². The van der Waals surface area contributed by atoms with Crippen LogP contribution in [-0.2, 0) is 23.8 Å². The Morgan fingerprint density at radius 1 is 1.05 bits per heavy atom. The lowest BCUT2D eigenvalue weighted by Crippen LogP contribution is -2.27. The third-order valence-electron chi connectivity index (χ3n) is 2.94. The Hall–Kier alpha value is -1.70. The maximum Gasteiger partial charge on any atom is 0.260 e. The van der Waals surface area contributed by atoms with E-state index in [0.29, 0.717) is 50.7 Å². The molecule has 20 heavy (non-hydrogen) atoms. The lowest BCUT2D eigenvalue weighted by Gasteiger charge is -2.13. The Labute approximate surface area is 117 Å². The van der Waals surface area contributed by atoms with E-state index in [2.05, 4.69) is 5.32 Å². The molecule has 7 nitrogen and oxygen atoms in total. The van der Waals surface area contributed by atoms with Gasteiger partial charge in [-0.25, -0.2) is 0 Å². The second-order valence-corrected chi connectivity index (χ2v) is 4.29. The number of rotatable bonds is 9. The first-order valence-electron chi connectivity index (χ1n) is 6.42. The van der Waals surface area contributed by atoms with Crippen LogP contribution in [0.1, 0.15) is 0 Å². The van der Waals surface area contributed by atoms with Crippen molar-refractivity contribution < 1.29 is 23.8 Å². The van der Waals surface area contributed by atoms with Crippen molar-refractivity contribution in [3.05, 3.63) is 23.5 Å². The summed E-state index contributed by atoms with van der Waals surface area (Å²) in [7, 11) is 1.62. The number of hydrogen-bond donors (Lipinski definition) is 1. The highest BCUT2D eigenvalue weighted by Gasteiger charge is 2.34. The van der Waals surface area contributed by atoms with Crippen LogP contribution in [0.4, 0.5) is 0 Å². The zero-order valence-electron chi connectivity index (χ0n) is 11.4. The van der Waals surface area contributed by atoms with Gasteiger partial charge in [0.1, 0.15) is 0 Å². The highest BCUT2D eigenvalue weighted by Crippen LogP contribution is 2.25. The van der Waals surface area contributed by atoms with E-state index in [-0.39, 0.29) is 11.8 Å². The van der Waals surface area contributed by atoms with Crippen LogP contribution in [0.25, 0.3) is 0 Å². The van der Waals surface area contributed by atoms with E-state index in [1.807, 2.05) is 0 Å². The molecule has 0 bridgehead atoms. The molecule has 0 unspecified atom stereocenters. The maximum atomic E-state index is 11.9. The smallest absolute Gasteiger partial charge is 0.260 e. The van der Waals surface area contributed by atoms with Gasteiger partial charge in [0.15, 0.2) is 0 Å². The fourth-order valence-corrected chi connectivity index (χ4v) is 1.88. The highest BCUT2D eigenvalue weighted by molar-refractivity contribution is 6.17. The van der Waals surface area contributed by atoms with Crippen LogP contribution in [-0.4, -0.2) is 63.4 Å². The van der Waals surface area contributed by atoms with Crippen LogP contribution in [0.15, 0.2) is 23.5 Å². The van der Waals surface area contributed by atoms with E-state index >= 15 is 0 Å². The van der Waals surface area contributed by atoms with Gasteiger partial charge in [-0.15, -0.1) is 0 Å². The number of nitrogens with zero attached hydrogens (tertiary/aromatic N) is 1. The van der Waals surface area contributed by atoms with Crippen molar-refractivity contribution in [1.82, 2.24) is 10.2 Å². The third kappa shape index (κ3) is 3.44. The first-order chi connectivity index (χ1) is 9.74. The van der Waals surface area contributed by atoms with E-state index < -0.39 is 0 Å². The molecule has 2 rings (SSSR count). The van der Waals surface area contributed by atoms with Gasteiger partial charge >= 0.3 is 0 Å². The van der Waals surface area contributed by atoms with Crippen molar-refractivity contribution in [2.24, 2.45) is 0 Å². The van der Waals surface area contributed by atoms with Crippen molar-refractivity contribution >= 4 is 11.8 Å². The van der Waals surface area contributed by atoms with Gasteiger partial charge in [0.2, 0.25) is 0 Å². The Kier molecular flexibility index (Phi) is 5.28. The van der Waals surface area contributed by atoms with Crippen molar-refractivity contribution in [3.63, 3.8) is 0 Å². The van der Waals surface area contributed by atoms with Crippen LogP contribution in [0.3, 0.4) is 0 Å². The average Bonchev–Trinajstić information content (AvgIpc) is 2.95. The molecule has 2 heterocycles. The summed E-state index contributed by atoms with van der Waals surface area (Å²) in [6.45, 7) is 2.88. The summed E-state index contributed by atoms with van der Waals surface area (Å²) in [5, 5.41) is 2.50. The van der Waals surface area contributed by atoms with Gasteiger partial charge in [0.25, 0.3) is 11.8 Å². The van der Waals surface area contributed by atoms with Gasteiger partial charge in [-0.1, -0.05) is 0 Å². The fourth-order valence-electron chi connectivity index (χ4n) is 1.88. The molecule has 0 radical (unpaired) electrons. The van der Waals surface area contributed by atoms with Crippen LogP contribution in [0.5, 0.6) is 0 Å². The summed E-state index contributed by atoms with van der Waals surface area (Å²) >= 11 is 0. The Bertz CT molecular complexity index is 444. The van der Waals surface area contributed by atoms with Gasteiger partial charge < -0.3 is 24.4 Å². The van der Waals surface area contributed by atoms with E-state index in [9.17, 15) is 9.59 Å². The predicted molar refractivity (Wildman–Crippen MR) is 69.5 cm³/mol. The lowest BCUT2D eigenvalue weighted by atomic mass is 10.2. The molecule has 0 aromatic carbocycles. The number of hydrogen-bond acceptors (Lipinski definition) is 5. The summed E-state index contributed by atoms with van der Waals surface area (Å²) < 4.78 is 15.4. The van der Waals surface area contributed by atoms with Crippen LogP contribution in [0.2, 0.25) is 0 Å². The van der Waals surface area contributed by atoms with Crippen LogP contribution in [0, 0.1) is 0 Å². The number of ether oxygens (including phenoxy) is 3. The third-order valence-corrected chi connectivity index (χ3v) is 2.94. The number of fused-ring (bicyclic) bond motifs is 1. The van der Waals surface area contributed by atoms with E-state index in [0.717, 1.165) is 0 Å². The minimum atomic E-state index is -0.233. The van der Waals surface area contributed by atoms with Gasteiger partial charge in [0, 0.05) is 26.1 Å². The summed E-state index contributed by atoms with van der Waals surface area (Å²) in [5.41, 5.74) is 0.857. The van der Waals surface area contributed by atoms with Gasteiger partial charge in [-0.2, -0.15) is 0 Å². The van der Waals surface area contributed by atoms with Crippen molar-refractivity contribution in [1.29, 1.82) is 0 Å². The average molecular weight is 282 g/mol. The maximum absolute atomic E-state index is 11.9. The minimum absolute atomic E-state index is 0.168. The van der Waals surface area contributed by atoms with E-state index in [1.165, 1.54) is 11.1 Å². The summed E-state index contributed by atoms with van der Waals surface area (Å²) in [6, 6.07) is 0. The van der Waals surface area contributed by atoms with E-state index in [4.69, 9.17) is 14.2 Å². The molecular weight excluding hydrogens is 264 g/mol. The zero-order valence-corrected chi connectivity index (χ0v) is 11.4. The summed E-state index contributed by atoms with van der Waals surface area (Å²) in [6.07, 6.45) is 3.01. The van der Waals surface area contributed by atoms with Crippen LogP contribution < -0.4 is 5.32 Å². The summed E-state index contributed by atoms with van der Waals surface area (Å²) in [4.78, 5) is 24.8. The summed E-state index contributed by atoms with van der Waals surface area (Å²) in [5.74, 6) is -0.401. The lowest BCUT2D eigenvalue weighted by molar-refractivity contribution is -0.124. The molecule has 0 atom stereocenters. The Morgan fingerprint density at radius 2 is 1.75 bits per heavy atom. The molecule has 0 fully saturated rings.